The number of imidazole rings is 1. The van der Waals surface area contributed by atoms with Gasteiger partial charge in [-0.25, -0.2) is 4.98 Å². The van der Waals surface area contributed by atoms with E-state index in [4.69, 9.17) is 0 Å². The van der Waals surface area contributed by atoms with Gasteiger partial charge in [-0.3, -0.25) is 4.79 Å². The lowest BCUT2D eigenvalue weighted by Gasteiger charge is -2.27. The van der Waals surface area contributed by atoms with Crippen molar-refractivity contribution in [1.29, 1.82) is 0 Å². The molecule has 3 heterocycles. The van der Waals surface area contributed by atoms with E-state index < -0.39 is 5.60 Å². The van der Waals surface area contributed by atoms with E-state index >= 15 is 0 Å². The summed E-state index contributed by atoms with van der Waals surface area (Å²) in [5.41, 5.74) is 1.97. The number of rotatable bonds is 5. The Morgan fingerprint density at radius 3 is 2.93 bits per heavy atom. The molecule has 6 heteroatoms. The maximum atomic E-state index is 12.7. The number of nitrogens with zero attached hydrogens (tertiary/aromatic N) is 2. The first kappa shape index (κ1) is 17.9. The van der Waals surface area contributed by atoms with Gasteiger partial charge in [0, 0.05) is 36.3 Å². The molecule has 1 aliphatic heterocycles. The van der Waals surface area contributed by atoms with Crippen LogP contribution in [0.15, 0.2) is 53.4 Å². The molecule has 5 nitrogen and oxygen atoms in total. The molecule has 0 spiro atoms. The first-order valence-electron chi connectivity index (χ1n) is 9.17. The molecule has 3 aromatic rings. The number of fused-ring (bicyclic) bond motifs is 1. The molecule has 0 radical (unpaired) electrons. The number of hydrogen-bond donors (Lipinski definition) is 2. The van der Waals surface area contributed by atoms with Gasteiger partial charge < -0.3 is 15.0 Å². The summed E-state index contributed by atoms with van der Waals surface area (Å²) >= 11 is 1.54. The van der Waals surface area contributed by atoms with Crippen LogP contribution < -0.4 is 5.32 Å². The van der Waals surface area contributed by atoms with Gasteiger partial charge in [-0.05, 0) is 35.7 Å². The fourth-order valence-electron chi connectivity index (χ4n) is 3.58. The van der Waals surface area contributed by atoms with Gasteiger partial charge in [0.25, 0.3) is 0 Å². The van der Waals surface area contributed by atoms with Crippen molar-refractivity contribution in [3.8, 4) is 11.4 Å². The summed E-state index contributed by atoms with van der Waals surface area (Å²) in [5, 5.41) is 17.4. The van der Waals surface area contributed by atoms with Crippen LogP contribution in [0, 0.1) is 5.92 Å². The van der Waals surface area contributed by atoms with Crippen LogP contribution in [0.4, 0.5) is 0 Å². The van der Waals surface area contributed by atoms with Gasteiger partial charge in [0.05, 0.1) is 6.54 Å². The van der Waals surface area contributed by atoms with Gasteiger partial charge in [-0.15, -0.1) is 0 Å². The molecular formula is C21H23N3O2S. The Morgan fingerprint density at radius 2 is 2.19 bits per heavy atom. The minimum Gasteiger partial charge on any atom is -0.384 e. The quantitative estimate of drug-likeness (QED) is 0.713. The topological polar surface area (TPSA) is 67.2 Å². The van der Waals surface area contributed by atoms with E-state index in [-0.39, 0.29) is 18.4 Å². The molecule has 2 atom stereocenters. The van der Waals surface area contributed by atoms with Crippen LogP contribution in [0.25, 0.3) is 11.4 Å². The van der Waals surface area contributed by atoms with E-state index in [1.165, 1.54) is 11.3 Å². The summed E-state index contributed by atoms with van der Waals surface area (Å²) in [6.45, 7) is 2.73. The Bertz CT molecular complexity index is 916. The Kier molecular flexibility index (Phi) is 4.85. The Balaban J connectivity index is 1.41. The van der Waals surface area contributed by atoms with Crippen LogP contribution in [-0.4, -0.2) is 27.1 Å². The largest absolute Gasteiger partial charge is 0.384 e. The summed E-state index contributed by atoms with van der Waals surface area (Å²) in [6.07, 6.45) is 3.32. The van der Waals surface area contributed by atoms with Crippen LogP contribution in [-0.2, 0) is 23.4 Å². The van der Waals surface area contributed by atoms with E-state index in [0.717, 1.165) is 35.6 Å². The lowest BCUT2D eigenvalue weighted by Crippen LogP contribution is -2.42. The maximum Gasteiger partial charge on any atom is 0.223 e. The maximum absolute atomic E-state index is 12.7. The second kappa shape index (κ2) is 7.29. The highest BCUT2D eigenvalue weighted by Gasteiger charge is 2.29. The van der Waals surface area contributed by atoms with Crippen molar-refractivity contribution in [3.63, 3.8) is 0 Å². The fourth-order valence-corrected chi connectivity index (χ4v) is 4.36. The van der Waals surface area contributed by atoms with Crippen molar-refractivity contribution in [1.82, 2.24) is 14.9 Å². The van der Waals surface area contributed by atoms with E-state index in [2.05, 4.69) is 27.0 Å². The third-order valence-corrected chi connectivity index (χ3v) is 5.93. The number of aliphatic hydroxyl groups is 1. The van der Waals surface area contributed by atoms with Crippen molar-refractivity contribution in [2.45, 2.75) is 31.9 Å². The zero-order valence-corrected chi connectivity index (χ0v) is 16.1. The number of thiophene rings is 1. The van der Waals surface area contributed by atoms with Crippen LogP contribution in [0.2, 0.25) is 0 Å². The summed E-state index contributed by atoms with van der Waals surface area (Å²) < 4.78 is 2.21. The first-order valence-corrected chi connectivity index (χ1v) is 10.1. The molecule has 140 valence electrons. The van der Waals surface area contributed by atoms with E-state index in [0.29, 0.717) is 6.42 Å². The van der Waals surface area contributed by atoms with Crippen LogP contribution in [0.5, 0.6) is 0 Å². The zero-order valence-electron chi connectivity index (χ0n) is 15.3. The van der Waals surface area contributed by atoms with Crippen molar-refractivity contribution in [2.24, 2.45) is 5.92 Å². The molecule has 1 amide bonds. The lowest BCUT2D eigenvalue weighted by molar-refractivity contribution is -0.126. The van der Waals surface area contributed by atoms with Crippen molar-refractivity contribution < 1.29 is 9.90 Å². The highest BCUT2D eigenvalue weighted by atomic mass is 32.1. The third-order valence-electron chi connectivity index (χ3n) is 5.25. The number of nitrogens with one attached hydrogen (secondary N) is 1. The first-order chi connectivity index (χ1) is 13.0. The number of benzene rings is 1. The molecule has 4 rings (SSSR count). The van der Waals surface area contributed by atoms with Gasteiger partial charge in [-0.2, -0.15) is 11.3 Å². The van der Waals surface area contributed by atoms with Gasteiger partial charge >= 0.3 is 0 Å². The summed E-state index contributed by atoms with van der Waals surface area (Å²) in [6, 6.07) is 12.0. The summed E-state index contributed by atoms with van der Waals surface area (Å²) in [5.74, 6) is 0.875. The Hall–Kier alpha value is -2.44. The Labute approximate surface area is 162 Å². The molecule has 2 aromatic heterocycles. The van der Waals surface area contributed by atoms with Crippen LogP contribution in [0.3, 0.4) is 0 Å². The predicted octanol–water partition coefficient (Wildman–Crippen LogP) is 3.20. The number of hydrogen-bond acceptors (Lipinski definition) is 4. The van der Waals surface area contributed by atoms with Crippen LogP contribution >= 0.6 is 11.3 Å². The number of carbonyl (C=O) groups excluding carboxylic acids is 1. The van der Waals surface area contributed by atoms with Crippen LogP contribution in [0.1, 0.15) is 24.6 Å². The van der Waals surface area contributed by atoms with Crippen molar-refractivity contribution >= 4 is 17.2 Å². The highest BCUT2D eigenvalue weighted by Crippen LogP contribution is 2.28. The average molecular weight is 382 g/mol. The molecule has 0 unspecified atom stereocenters. The molecule has 0 bridgehead atoms. The smallest absolute Gasteiger partial charge is 0.223 e. The highest BCUT2D eigenvalue weighted by molar-refractivity contribution is 7.08. The lowest BCUT2D eigenvalue weighted by atomic mass is 9.94. The molecule has 27 heavy (non-hydrogen) atoms. The molecule has 0 saturated heterocycles. The van der Waals surface area contributed by atoms with Gasteiger partial charge in [0.1, 0.15) is 11.4 Å². The number of amides is 1. The van der Waals surface area contributed by atoms with Gasteiger partial charge in [0.2, 0.25) is 5.91 Å². The average Bonchev–Trinajstić information content (AvgIpc) is 3.36. The second-order valence-corrected chi connectivity index (χ2v) is 8.06. The zero-order chi connectivity index (χ0) is 18.9. The minimum atomic E-state index is -1.05. The fraction of sp³-hybridized carbons (Fsp3) is 0.333. The molecular weight excluding hydrogens is 358 g/mol. The molecule has 0 fully saturated rings. The SMILES string of the molecule is C[C@@](O)(CNC(=O)[C@@H]1CCn2c(cnc2-c2ccccc2)C1)c1ccsc1. The Morgan fingerprint density at radius 1 is 1.37 bits per heavy atom. The molecule has 1 aromatic carbocycles. The monoisotopic (exact) mass is 381 g/mol. The molecule has 1 aliphatic rings. The summed E-state index contributed by atoms with van der Waals surface area (Å²) in [4.78, 5) is 17.2. The van der Waals surface area contributed by atoms with Gasteiger partial charge in [0.15, 0.2) is 0 Å². The predicted molar refractivity (Wildman–Crippen MR) is 106 cm³/mol. The number of carbonyl (C=O) groups is 1. The molecule has 0 aliphatic carbocycles. The minimum absolute atomic E-state index is 0.000726. The number of aromatic nitrogens is 2. The van der Waals surface area contributed by atoms with E-state index in [9.17, 15) is 9.90 Å². The van der Waals surface area contributed by atoms with E-state index in [1.54, 1.807) is 6.92 Å². The van der Waals surface area contributed by atoms with Crippen molar-refractivity contribution in [3.05, 3.63) is 64.6 Å². The van der Waals surface area contributed by atoms with Crippen molar-refractivity contribution in [2.75, 3.05) is 6.54 Å². The molecule has 0 saturated carbocycles. The standard InChI is InChI=1S/C21H23N3O2S/c1-21(26,17-8-10-27-13-17)14-23-20(25)16-7-9-24-18(11-16)12-22-19(24)15-5-3-2-4-6-15/h2-6,8,10,12-13,16,26H,7,9,11,14H2,1H3,(H,23,25)/t16-,21-/m1/s1. The molecule has 2 N–H and O–H groups in total. The van der Waals surface area contributed by atoms with Gasteiger partial charge in [-0.1, -0.05) is 30.3 Å². The third kappa shape index (κ3) is 3.68. The summed E-state index contributed by atoms with van der Waals surface area (Å²) in [7, 11) is 0. The second-order valence-electron chi connectivity index (χ2n) is 7.28. The van der Waals surface area contributed by atoms with E-state index in [1.807, 2.05) is 41.2 Å². The normalized spacial score (nSPS) is 18.5.